The fraction of sp³-hybridized carbons (Fsp3) is 0.222. The Hall–Kier alpha value is -1.91. The van der Waals surface area contributed by atoms with Crippen LogP contribution in [0.3, 0.4) is 0 Å². The van der Waals surface area contributed by atoms with Crippen LogP contribution in [0.5, 0.6) is 0 Å². The minimum absolute atomic E-state index is 0.468. The van der Waals surface area contributed by atoms with Gasteiger partial charge >= 0.3 is 0 Å². The molecule has 0 aliphatic carbocycles. The van der Waals surface area contributed by atoms with E-state index in [4.69, 9.17) is 10.3 Å². The number of anilines is 1. The van der Waals surface area contributed by atoms with E-state index in [0.29, 0.717) is 18.1 Å². The van der Waals surface area contributed by atoms with Gasteiger partial charge in [0.15, 0.2) is 0 Å². The van der Waals surface area contributed by atoms with E-state index >= 15 is 0 Å². The van der Waals surface area contributed by atoms with Crippen LogP contribution in [0.2, 0.25) is 0 Å². The van der Waals surface area contributed by atoms with E-state index < -0.39 is 0 Å². The second kappa shape index (κ2) is 3.45. The Kier molecular flexibility index (Phi) is 2.14. The fourth-order valence-electron chi connectivity index (χ4n) is 1.16. The van der Waals surface area contributed by atoms with Crippen LogP contribution in [0, 0.1) is 6.92 Å². The molecule has 72 valence electrons. The molecule has 0 spiro atoms. The van der Waals surface area contributed by atoms with Crippen molar-refractivity contribution in [2.45, 2.75) is 13.3 Å². The largest absolute Gasteiger partial charge is 0.384 e. The summed E-state index contributed by atoms with van der Waals surface area (Å²) in [7, 11) is 0. The molecule has 0 unspecified atom stereocenters. The fourth-order valence-corrected chi connectivity index (χ4v) is 1.16. The first-order chi connectivity index (χ1) is 6.74. The lowest BCUT2D eigenvalue weighted by molar-refractivity contribution is 0.391. The molecule has 0 bridgehead atoms. The third-order valence-electron chi connectivity index (χ3n) is 1.74. The molecule has 2 aromatic rings. The van der Waals surface area contributed by atoms with Crippen LogP contribution in [-0.2, 0) is 6.42 Å². The predicted octanol–water partition coefficient (Wildman–Crippen LogP) is 0.946. The van der Waals surface area contributed by atoms with Crippen molar-refractivity contribution in [3.8, 4) is 0 Å². The molecule has 5 nitrogen and oxygen atoms in total. The minimum Gasteiger partial charge on any atom is -0.384 e. The van der Waals surface area contributed by atoms with Gasteiger partial charge in [-0.05, 0) is 13.0 Å². The zero-order valence-corrected chi connectivity index (χ0v) is 7.77. The molecular weight excluding hydrogens is 180 g/mol. The van der Waals surface area contributed by atoms with Crippen LogP contribution < -0.4 is 5.73 Å². The van der Waals surface area contributed by atoms with Crippen molar-refractivity contribution in [1.29, 1.82) is 0 Å². The number of hydrogen-bond donors (Lipinski definition) is 1. The quantitative estimate of drug-likeness (QED) is 0.762. The van der Waals surface area contributed by atoms with E-state index in [9.17, 15) is 0 Å². The molecule has 0 saturated heterocycles. The van der Waals surface area contributed by atoms with Crippen molar-refractivity contribution in [2.24, 2.45) is 0 Å². The van der Waals surface area contributed by atoms with E-state index in [0.717, 1.165) is 11.5 Å². The number of rotatable bonds is 2. The van der Waals surface area contributed by atoms with Gasteiger partial charge in [0.25, 0.3) is 0 Å². The number of aromatic nitrogens is 3. The molecule has 0 aliphatic heterocycles. The maximum absolute atomic E-state index is 5.52. The van der Waals surface area contributed by atoms with E-state index in [1.807, 2.05) is 13.0 Å². The number of nitrogens with zero attached hydrogens (tertiary/aromatic N) is 3. The minimum atomic E-state index is 0.468. The topological polar surface area (TPSA) is 77.8 Å². The van der Waals surface area contributed by atoms with Crippen LogP contribution in [0.15, 0.2) is 22.9 Å². The second-order valence-corrected chi connectivity index (χ2v) is 3.00. The Bertz CT molecular complexity index is 438. The maximum Gasteiger partial charge on any atom is 0.136 e. The molecule has 14 heavy (non-hydrogen) atoms. The zero-order chi connectivity index (χ0) is 9.97. The number of nitrogens with two attached hydrogens (primary N) is 1. The molecule has 0 aromatic carbocycles. The Morgan fingerprint density at radius 3 is 3.00 bits per heavy atom. The zero-order valence-electron chi connectivity index (χ0n) is 7.77. The van der Waals surface area contributed by atoms with Crippen LogP contribution in [0.1, 0.15) is 17.3 Å². The summed E-state index contributed by atoms with van der Waals surface area (Å²) >= 11 is 0. The van der Waals surface area contributed by atoms with Crippen LogP contribution in [0.25, 0.3) is 0 Å². The highest BCUT2D eigenvalue weighted by molar-refractivity contribution is 5.26. The summed E-state index contributed by atoms with van der Waals surface area (Å²) in [6.07, 6.45) is 2.17. The Morgan fingerprint density at radius 1 is 1.50 bits per heavy atom. The van der Waals surface area contributed by atoms with E-state index in [1.54, 1.807) is 12.3 Å². The van der Waals surface area contributed by atoms with E-state index in [2.05, 4.69) is 15.1 Å². The summed E-state index contributed by atoms with van der Waals surface area (Å²) in [5.41, 5.74) is 6.34. The van der Waals surface area contributed by atoms with Crippen LogP contribution in [0.4, 0.5) is 5.82 Å². The van der Waals surface area contributed by atoms with Crippen molar-refractivity contribution in [3.63, 3.8) is 0 Å². The molecule has 5 heteroatoms. The lowest BCUT2D eigenvalue weighted by atomic mass is 10.3. The third-order valence-corrected chi connectivity index (χ3v) is 1.74. The highest BCUT2D eigenvalue weighted by Gasteiger charge is 2.04. The number of hydrogen-bond acceptors (Lipinski definition) is 5. The van der Waals surface area contributed by atoms with Gasteiger partial charge in [0.1, 0.15) is 17.4 Å². The lowest BCUT2D eigenvalue weighted by Crippen LogP contribution is -1.99. The average Bonchev–Trinajstić information content (AvgIpc) is 2.51. The van der Waals surface area contributed by atoms with Crippen molar-refractivity contribution >= 4 is 5.82 Å². The van der Waals surface area contributed by atoms with Crippen molar-refractivity contribution in [2.75, 3.05) is 5.73 Å². The van der Waals surface area contributed by atoms with Crippen molar-refractivity contribution in [3.05, 3.63) is 35.6 Å². The van der Waals surface area contributed by atoms with Crippen LogP contribution >= 0.6 is 0 Å². The van der Waals surface area contributed by atoms with Crippen LogP contribution in [-0.4, -0.2) is 15.1 Å². The molecule has 2 aromatic heterocycles. The summed E-state index contributed by atoms with van der Waals surface area (Å²) < 4.78 is 4.93. The molecular formula is C9H10N4O. The first-order valence-corrected chi connectivity index (χ1v) is 4.23. The van der Waals surface area contributed by atoms with Gasteiger partial charge in [0, 0.05) is 12.3 Å². The normalized spacial score (nSPS) is 10.4. The van der Waals surface area contributed by atoms with E-state index in [-0.39, 0.29) is 0 Å². The molecule has 0 atom stereocenters. The first kappa shape index (κ1) is 8.68. The number of nitrogen functional groups attached to an aromatic ring is 1. The Balaban J connectivity index is 2.18. The summed E-state index contributed by atoms with van der Waals surface area (Å²) in [6, 6.07) is 3.50. The molecule has 0 radical (unpaired) electrons. The average molecular weight is 190 g/mol. The summed E-state index contributed by atoms with van der Waals surface area (Å²) in [5, 5.41) is 3.84. The summed E-state index contributed by atoms with van der Waals surface area (Å²) in [4.78, 5) is 8.13. The molecule has 2 heterocycles. The smallest absolute Gasteiger partial charge is 0.136 e. The van der Waals surface area contributed by atoms with Gasteiger partial charge in [-0.2, -0.15) is 0 Å². The molecule has 0 aliphatic rings. The Labute approximate surface area is 81.0 Å². The van der Waals surface area contributed by atoms with Crippen molar-refractivity contribution < 1.29 is 4.52 Å². The van der Waals surface area contributed by atoms with Gasteiger partial charge in [-0.25, -0.2) is 9.97 Å². The van der Waals surface area contributed by atoms with Gasteiger partial charge in [0.05, 0.1) is 12.1 Å². The SMILES string of the molecule is Cc1cc(Cc2nccc(N)n2)no1. The van der Waals surface area contributed by atoms with Gasteiger partial charge in [-0.3, -0.25) is 0 Å². The summed E-state index contributed by atoms with van der Waals surface area (Å²) in [5.74, 6) is 1.90. The first-order valence-electron chi connectivity index (χ1n) is 4.23. The predicted molar refractivity (Wildman–Crippen MR) is 50.5 cm³/mol. The van der Waals surface area contributed by atoms with Gasteiger partial charge in [0.2, 0.25) is 0 Å². The standard InChI is InChI=1S/C9H10N4O/c1-6-4-7(13-14-6)5-9-11-3-2-8(10)12-9/h2-4H,5H2,1H3,(H2,10,11,12). The molecule has 2 N–H and O–H groups in total. The molecule has 2 rings (SSSR count). The summed E-state index contributed by atoms with van der Waals surface area (Å²) in [6.45, 7) is 1.84. The third kappa shape index (κ3) is 1.87. The highest BCUT2D eigenvalue weighted by Crippen LogP contribution is 2.06. The maximum atomic E-state index is 5.52. The number of aryl methyl sites for hydroxylation is 1. The van der Waals surface area contributed by atoms with Gasteiger partial charge in [-0.15, -0.1) is 0 Å². The molecule has 0 saturated carbocycles. The monoisotopic (exact) mass is 190 g/mol. The Morgan fingerprint density at radius 2 is 2.36 bits per heavy atom. The van der Waals surface area contributed by atoms with E-state index in [1.165, 1.54) is 0 Å². The van der Waals surface area contributed by atoms with Crippen molar-refractivity contribution in [1.82, 2.24) is 15.1 Å². The molecule has 0 amide bonds. The highest BCUT2D eigenvalue weighted by atomic mass is 16.5. The van der Waals surface area contributed by atoms with Gasteiger partial charge in [-0.1, -0.05) is 5.16 Å². The lowest BCUT2D eigenvalue weighted by Gasteiger charge is -1.96. The molecule has 0 fully saturated rings. The van der Waals surface area contributed by atoms with Gasteiger partial charge < -0.3 is 10.3 Å². The second-order valence-electron chi connectivity index (χ2n) is 3.00.